The molecule has 4 heteroatoms. The maximum absolute atomic E-state index is 11.7. The Hall–Kier alpha value is -2.75. The number of aryl methyl sites for hydroxylation is 1. The number of rotatable bonds is 6. The highest BCUT2D eigenvalue weighted by Crippen LogP contribution is 2.26. The Morgan fingerprint density at radius 1 is 1.13 bits per heavy atom. The molecule has 0 spiro atoms. The van der Waals surface area contributed by atoms with E-state index in [2.05, 4.69) is 0 Å². The van der Waals surface area contributed by atoms with Gasteiger partial charge in [0.15, 0.2) is 0 Å². The summed E-state index contributed by atoms with van der Waals surface area (Å²) in [5.74, 6) is 0.506. The van der Waals surface area contributed by atoms with Crippen LogP contribution in [0, 0.1) is 6.92 Å². The van der Waals surface area contributed by atoms with E-state index in [0.717, 1.165) is 16.9 Å². The summed E-state index contributed by atoms with van der Waals surface area (Å²) in [7, 11) is 1.59. The van der Waals surface area contributed by atoms with Gasteiger partial charge in [-0.1, -0.05) is 18.2 Å². The Morgan fingerprint density at radius 3 is 2.30 bits per heavy atom. The number of carbonyl (C=O) groups is 1. The summed E-state index contributed by atoms with van der Waals surface area (Å²) >= 11 is 0. The van der Waals surface area contributed by atoms with Crippen molar-refractivity contribution in [3.05, 3.63) is 59.2 Å². The zero-order valence-corrected chi connectivity index (χ0v) is 13.5. The van der Waals surface area contributed by atoms with Crippen LogP contribution in [0.25, 0.3) is 11.6 Å². The van der Waals surface area contributed by atoms with Crippen LogP contribution in [0.5, 0.6) is 11.5 Å². The fourth-order valence-corrected chi connectivity index (χ4v) is 2.31. The monoisotopic (exact) mass is 312 g/mol. The molecule has 0 saturated carbocycles. The number of methoxy groups -OCH3 is 1. The van der Waals surface area contributed by atoms with Crippen molar-refractivity contribution >= 4 is 17.6 Å². The molecule has 0 bridgehead atoms. The molecule has 0 amide bonds. The van der Waals surface area contributed by atoms with Gasteiger partial charge in [0.1, 0.15) is 11.5 Å². The Bertz CT molecular complexity index is 715. The molecular weight excluding hydrogens is 292 g/mol. The predicted octanol–water partition coefficient (Wildman–Crippen LogP) is 4.03. The first-order chi connectivity index (χ1) is 11.0. The minimum absolute atomic E-state index is 0.245. The first kappa shape index (κ1) is 16.6. The Balaban J connectivity index is 2.40. The third kappa shape index (κ3) is 4.13. The van der Waals surface area contributed by atoms with Gasteiger partial charge in [-0.2, -0.15) is 0 Å². The van der Waals surface area contributed by atoms with Crippen molar-refractivity contribution in [2.75, 3.05) is 13.7 Å². The van der Waals surface area contributed by atoms with Crippen molar-refractivity contribution in [3.63, 3.8) is 0 Å². The third-order valence-corrected chi connectivity index (χ3v) is 3.46. The first-order valence-electron chi connectivity index (χ1n) is 7.38. The summed E-state index contributed by atoms with van der Waals surface area (Å²) in [6, 6.07) is 12.7. The number of hydrogen-bond acceptors (Lipinski definition) is 3. The first-order valence-corrected chi connectivity index (χ1v) is 7.38. The van der Waals surface area contributed by atoms with E-state index in [1.54, 1.807) is 25.3 Å². The molecule has 0 saturated heterocycles. The van der Waals surface area contributed by atoms with Gasteiger partial charge in [0.25, 0.3) is 0 Å². The number of ether oxygens (including phenoxy) is 2. The number of hydrogen-bond donors (Lipinski definition) is 1. The van der Waals surface area contributed by atoms with Crippen LogP contribution >= 0.6 is 0 Å². The summed E-state index contributed by atoms with van der Waals surface area (Å²) < 4.78 is 10.6. The lowest BCUT2D eigenvalue weighted by molar-refractivity contribution is -0.130. The molecule has 0 fully saturated rings. The standard InChI is InChI=1S/C19H20O4/c1-4-23-15-7-5-14(6-8-15)12-18(19(20)21)17-10-9-16(22-3)11-13(17)2/h5-12H,4H2,1-3H3,(H,20,21)/b18-12-. The quantitative estimate of drug-likeness (QED) is 0.646. The van der Waals surface area contributed by atoms with Crippen molar-refractivity contribution in [1.82, 2.24) is 0 Å². The summed E-state index contributed by atoms with van der Waals surface area (Å²) in [4.78, 5) is 11.7. The van der Waals surface area contributed by atoms with Gasteiger partial charge >= 0.3 is 5.97 Å². The van der Waals surface area contributed by atoms with Gasteiger partial charge in [-0.05, 0) is 60.9 Å². The van der Waals surface area contributed by atoms with Crippen molar-refractivity contribution < 1.29 is 19.4 Å². The van der Waals surface area contributed by atoms with Crippen LogP contribution in [0.3, 0.4) is 0 Å². The summed E-state index contributed by atoms with van der Waals surface area (Å²) in [6.45, 7) is 4.39. The van der Waals surface area contributed by atoms with Crippen molar-refractivity contribution in [2.45, 2.75) is 13.8 Å². The average Bonchev–Trinajstić information content (AvgIpc) is 2.54. The summed E-state index contributed by atoms with van der Waals surface area (Å²) in [5.41, 5.74) is 2.58. The van der Waals surface area contributed by atoms with E-state index in [9.17, 15) is 9.90 Å². The van der Waals surface area contributed by atoms with Crippen molar-refractivity contribution in [2.24, 2.45) is 0 Å². The highest BCUT2D eigenvalue weighted by molar-refractivity contribution is 6.21. The van der Waals surface area contributed by atoms with Gasteiger partial charge in [-0.25, -0.2) is 4.79 Å². The van der Waals surface area contributed by atoms with Crippen LogP contribution in [0.1, 0.15) is 23.6 Å². The molecule has 120 valence electrons. The van der Waals surface area contributed by atoms with Crippen LogP contribution in [0.15, 0.2) is 42.5 Å². The molecule has 2 aromatic rings. The van der Waals surface area contributed by atoms with E-state index in [1.165, 1.54) is 0 Å². The molecule has 0 aliphatic carbocycles. The number of benzene rings is 2. The minimum Gasteiger partial charge on any atom is -0.497 e. The van der Waals surface area contributed by atoms with Gasteiger partial charge in [0, 0.05) is 0 Å². The third-order valence-electron chi connectivity index (χ3n) is 3.46. The molecule has 1 N–H and O–H groups in total. The van der Waals surface area contributed by atoms with Crippen LogP contribution in [-0.4, -0.2) is 24.8 Å². The molecular formula is C19H20O4. The molecule has 0 atom stereocenters. The van der Waals surface area contributed by atoms with E-state index >= 15 is 0 Å². The Kier molecular flexibility index (Phi) is 5.41. The predicted molar refractivity (Wildman–Crippen MR) is 90.8 cm³/mol. The maximum Gasteiger partial charge on any atom is 0.336 e. The molecule has 0 aromatic heterocycles. The van der Waals surface area contributed by atoms with Crippen LogP contribution in [0.4, 0.5) is 0 Å². The topological polar surface area (TPSA) is 55.8 Å². The van der Waals surface area contributed by atoms with E-state index in [0.29, 0.717) is 17.9 Å². The largest absolute Gasteiger partial charge is 0.497 e. The molecule has 23 heavy (non-hydrogen) atoms. The number of aliphatic carboxylic acids is 1. The van der Waals surface area contributed by atoms with Gasteiger partial charge in [0.05, 0.1) is 19.3 Å². The highest BCUT2D eigenvalue weighted by Gasteiger charge is 2.13. The molecule has 0 aliphatic rings. The molecule has 0 aliphatic heterocycles. The molecule has 0 unspecified atom stereocenters. The maximum atomic E-state index is 11.7. The van der Waals surface area contributed by atoms with E-state index < -0.39 is 5.97 Å². The molecule has 2 aromatic carbocycles. The van der Waals surface area contributed by atoms with Crippen molar-refractivity contribution in [3.8, 4) is 11.5 Å². The van der Waals surface area contributed by atoms with Gasteiger partial charge in [0.2, 0.25) is 0 Å². The number of carboxylic acids is 1. The lowest BCUT2D eigenvalue weighted by Gasteiger charge is -2.09. The van der Waals surface area contributed by atoms with Gasteiger partial charge in [-0.15, -0.1) is 0 Å². The Morgan fingerprint density at radius 2 is 1.78 bits per heavy atom. The van der Waals surface area contributed by atoms with E-state index in [-0.39, 0.29) is 5.57 Å². The lowest BCUT2D eigenvalue weighted by Crippen LogP contribution is -2.02. The zero-order chi connectivity index (χ0) is 16.8. The van der Waals surface area contributed by atoms with E-state index in [1.807, 2.05) is 44.2 Å². The van der Waals surface area contributed by atoms with Gasteiger partial charge < -0.3 is 14.6 Å². The lowest BCUT2D eigenvalue weighted by atomic mass is 9.98. The second-order valence-corrected chi connectivity index (χ2v) is 5.05. The van der Waals surface area contributed by atoms with E-state index in [4.69, 9.17) is 9.47 Å². The fraction of sp³-hybridized carbons (Fsp3) is 0.211. The van der Waals surface area contributed by atoms with Crippen LogP contribution in [0.2, 0.25) is 0 Å². The smallest absolute Gasteiger partial charge is 0.336 e. The molecule has 4 nitrogen and oxygen atoms in total. The Labute approximate surface area is 136 Å². The highest BCUT2D eigenvalue weighted by atomic mass is 16.5. The zero-order valence-electron chi connectivity index (χ0n) is 13.5. The van der Waals surface area contributed by atoms with Crippen LogP contribution in [-0.2, 0) is 4.79 Å². The molecule has 0 radical (unpaired) electrons. The normalized spacial score (nSPS) is 11.2. The second-order valence-electron chi connectivity index (χ2n) is 5.05. The second kappa shape index (κ2) is 7.49. The fourth-order valence-electron chi connectivity index (χ4n) is 2.31. The van der Waals surface area contributed by atoms with Crippen molar-refractivity contribution in [1.29, 1.82) is 0 Å². The molecule has 0 heterocycles. The van der Waals surface area contributed by atoms with Gasteiger partial charge in [-0.3, -0.25) is 0 Å². The SMILES string of the molecule is CCOc1ccc(/C=C(\C(=O)O)c2ccc(OC)cc2C)cc1. The summed E-state index contributed by atoms with van der Waals surface area (Å²) in [6.07, 6.45) is 1.66. The van der Waals surface area contributed by atoms with Crippen LogP contribution < -0.4 is 9.47 Å². The molecule has 2 rings (SSSR count). The minimum atomic E-state index is -0.966. The average molecular weight is 312 g/mol. The number of carboxylic acid groups (broad SMARTS) is 1. The summed E-state index contributed by atoms with van der Waals surface area (Å²) in [5, 5.41) is 9.55.